The number of ether oxygens (including phenoxy) is 1. The fraction of sp³-hybridized carbons (Fsp3) is 0.318. The molecule has 0 aliphatic carbocycles. The van der Waals surface area contributed by atoms with E-state index in [-0.39, 0.29) is 5.91 Å². The highest BCUT2D eigenvalue weighted by molar-refractivity contribution is 7.22. The van der Waals surface area contributed by atoms with Crippen molar-refractivity contribution in [3.8, 4) is 11.4 Å². The second kappa shape index (κ2) is 8.54. The summed E-state index contributed by atoms with van der Waals surface area (Å²) in [5.41, 5.74) is 3.13. The lowest BCUT2D eigenvalue weighted by atomic mass is 10.3. The van der Waals surface area contributed by atoms with E-state index in [1.807, 2.05) is 40.8 Å². The van der Waals surface area contributed by atoms with Gasteiger partial charge in [0.15, 0.2) is 10.8 Å². The minimum absolute atomic E-state index is 0.0739. The van der Waals surface area contributed by atoms with Crippen LogP contribution in [0, 0.1) is 6.92 Å². The van der Waals surface area contributed by atoms with Crippen molar-refractivity contribution in [2.24, 2.45) is 0 Å². The van der Waals surface area contributed by atoms with Gasteiger partial charge in [-0.1, -0.05) is 11.3 Å². The van der Waals surface area contributed by atoms with Gasteiger partial charge in [0.05, 0.1) is 29.4 Å². The second-order valence-electron chi connectivity index (χ2n) is 7.57. The molecule has 4 heterocycles. The first-order chi connectivity index (χ1) is 15.6. The molecule has 164 valence electrons. The molecule has 1 aliphatic rings. The third-order valence-corrected chi connectivity index (χ3v) is 6.74. The summed E-state index contributed by atoms with van der Waals surface area (Å²) in [7, 11) is 1.65. The fourth-order valence-corrected chi connectivity index (χ4v) is 4.88. The zero-order chi connectivity index (χ0) is 22.1. The van der Waals surface area contributed by atoms with Gasteiger partial charge in [-0.3, -0.25) is 9.78 Å². The molecule has 3 aromatic heterocycles. The van der Waals surface area contributed by atoms with Crippen LogP contribution in [-0.4, -0.2) is 68.8 Å². The van der Waals surface area contributed by atoms with Crippen LogP contribution in [0.25, 0.3) is 16.0 Å². The standard InChI is InChI=1S/C22H23N7O2S/c1-15-19-20(29(26-15)16-4-6-17(31-2)7-5-16)25-22(32-19)28-11-3-10-27(12-13-28)21(30)18-14-23-8-9-24-18/h4-9,14H,3,10-13H2,1-2H3. The van der Waals surface area contributed by atoms with Crippen molar-refractivity contribution in [2.45, 2.75) is 13.3 Å². The van der Waals surface area contributed by atoms with Crippen molar-refractivity contribution in [1.82, 2.24) is 29.6 Å². The SMILES string of the molecule is COc1ccc(-n2nc(C)c3sc(N4CCCN(C(=O)c5cnccn5)CC4)nc32)cc1. The van der Waals surface area contributed by atoms with Gasteiger partial charge in [-0.15, -0.1) is 0 Å². The molecule has 10 heteroatoms. The van der Waals surface area contributed by atoms with Crippen LogP contribution in [0.4, 0.5) is 5.13 Å². The van der Waals surface area contributed by atoms with Crippen LogP contribution in [0.2, 0.25) is 0 Å². The molecule has 32 heavy (non-hydrogen) atoms. The summed E-state index contributed by atoms with van der Waals surface area (Å²) >= 11 is 1.65. The normalized spacial score (nSPS) is 14.6. The Kier molecular flexibility index (Phi) is 5.44. The number of carbonyl (C=O) groups is 1. The molecule has 1 aromatic carbocycles. The molecule has 0 saturated carbocycles. The lowest BCUT2D eigenvalue weighted by Crippen LogP contribution is -2.35. The molecule has 4 aromatic rings. The van der Waals surface area contributed by atoms with Gasteiger partial charge >= 0.3 is 0 Å². The summed E-state index contributed by atoms with van der Waals surface area (Å²) < 4.78 is 8.22. The monoisotopic (exact) mass is 449 g/mol. The Bertz CT molecular complexity index is 1240. The maximum absolute atomic E-state index is 12.8. The number of hydrogen-bond donors (Lipinski definition) is 0. The molecule has 1 fully saturated rings. The smallest absolute Gasteiger partial charge is 0.274 e. The zero-order valence-electron chi connectivity index (χ0n) is 17.9. The van der Waals surface area contributed by atoms with Gasteiger partial charge in [-0.2, -0.15) is 10.1 Å². The summed E-state index contributed by atoms with van der Waals surface area (Å²) in [4.78, 5) is 30.0. The van der Waals surface area contributed by atoms with Gasteiger partial charge in [0.25, 0.3) is 5.91 Å². The number of aromatic nitrogens is 5. The Labute approximate surface area is 189 Å². The molecular formula is C22H23N7O2S. The number of fused-ring (bicyclic) bond motifs is 1. The average Bonchev–Trinajstić information content (AvgIpc) is 3.30. The Balaban J connectivity index is 1.37. The number of thiazole rings is 1. The molecule has 0 unspecified atom stereocenters. The molecule has 0 bridgehead atoms. The van der Waals surface area contributed by atoms with Crippen molar-refractivity contribution < 1.29 is 9.53 Å². The van der Waals surface area contributed by atoms with Crippen molar-refractivity contribution in [3.05, 3.63) is 54.2 Å². The van der Waals surface area contributed by atoms with Crippen molar-refractivity contribution in [2.75, 3.05) is 38.2 Å². The summed E-state index contributed by atoms with van der Waals surface area (Å²) in [5, 5.41) is 5.64. The molecule has 1 aliphatic heterocycles. The fourth-order valence-electron chi connectivity index (χ4n) is 3.85. The highest BCUT2D eigenvalue weighted by Crippen LogP contribution is 2.33. The summed E-state index contributed by atoms with van der Waals surface area (Å²) in [6.07, 6.45) is 5.51. The van der Waals surface area contributed by atoms with Crippen molar-refractivity contribution in [3.63, 3.8) is 0 Å². The van der Waals surface area contributed by atoms with Crippen LogP contribution in [-0.2, 0) is 0 Å². The molecule has 1 saturated heterocycles. The van der Waals surface area contributed by atoms with Gasteiger partial charge in [0.2, 0.25) is 0 Å². The summed E-state index contributed by atoms with van der Waals surface area (Å²) in [6, 6.07) is 7.79. The largest absolute Gasteiger partial charge is 0.497 e. The quantitative estimate of drug-likeness (QED) is 0.473. The molecule has 9 nitrogen and oxygen atoms in total. The first-order valence-corrected chi connectivity index (χ1v) is 11.3. The molecule has 0 radical (unpaired) electrons. The number of rotatable bonds is 4. The van der Waals surface area contributed by atoms with Gasteiger partial charge in [-0.25, -0.2) is 9.67 Å². The zero-order valence-corrected chi connectivity index (χ0v) is 18.7. The molecule has 1 amide bonds. The Morgan fingerprint density at radius 2 is 1.94 bits per heavy atom. The van der Waals surface area contributed by atoms with Crippen LogP contribution >= 0.6 is 11.3 Å². The predicted molar refractivity (Wildman–Crippen MR) is 123 cm³/mol. The van der Waals surface area contributed by atoms with Gasteiger partial charge in [-0.05, 0) is 37.6 Å². The number of benzene rings is 1. The average molecular weight is 450 g/mol. The van der Waals surface area contributed by atoms with Crippen LogP contribution < -0.4 is 9.64 Å². The van der Waals surface area contributed by atoms with E-state index in [4.69, 9.17) is 9.72 Å². The van der Waals surface area contributed by atoms with Gasteiger partial charge < -0.3 is 14.5 Å². The van der Waals surface area contributed by atoms with Gasteiger partial charge in [0.1, 0.15) is 11.4 Å². The Hall–Kier alpha value is -3.53. The third-order valence-electron chi connectivity index (χ3n) is 5.53. The van der Waals surface area contributed by atoms with E-state index in [1.54, 1.807) is 30.8 Å². The maximum atomic E-state index is 12.8. The van der Waals surface area contributed by atoms with Crippen molar-refractivity contribution >= 4 is 32.7 Å². The van der Waals surface area contributed by atoms with E-state index in [9.17, 15) is 4.79 Å². The summed E-state index contributed by atoms with van der Waals surface area (Å²) in [5.74, 6) is 0.730. The molecule has 0 atom stereocenters. The van der Waals surface area contributed by atoms with E-state index in [2.05, 4.69) is 20.0 Å². The first-order valence-electron chi connectivity index (χ1n) is 10.4. The highest BCUT2D eigenvalue weighted by Gasteiger charge is 2.24. The van der Waals surface area contributed by atoms with E-state index in [1.165, 1.54) is 6.20 Å². The highest BCUT2D eigenvalue weighted by atomic mass is 32.1. The van der Waals surface area contributed by atoms with Crippen LogP contribution in [0.15, 0.2) is 42.9 Å². The van der Waals surface area contributed by atoms with Gasteiger partial charge in [0, 0.05) is 38.6 Å². The Morgan fingerprint density at radius 3 is 2.69 bits per heavy atom. The lowest BCUT2D eigenvalue weighted by Gasteiger charge is -2.21. The molecular weight excluding hydrogens is 426 g/mol. The predicted octanol–water partition coefficient (Wildman–Crippen LogP) is 2.94. The Morgan fingerprint density at radius 1 is 1.09 bits per heavy atom. The molecule has 0 N–H and O–H groups in total. The van der Waals surface area contributed by atoms with E-state index in [0.29, 0.717) is 18.8 Å². The van der Waals surface area contributed by atoms with E-state index < -0.39 is 0 Å². The lowest BCUT2D eigenvalue weighted by molar-refractivity contribution is 0.0760. The van der Waals surface area contributed by atoms with Crippen LogP contribution in [0.3, 0.4) is 0 Å². The number of hydrogen-bond acceptors (Lipinski definition) is 8. The number of aryl methyl sites for hydroxylation is 1. The minimum atomic E-state index is -0.0739. The first kappa shape index (κ1) is 20.4. The molecule has 0 spiro atoms. The van der Waals surface area contributed by atoms with Crippen LogP contribution in [0.1, 0.15) is 22.6 Å². The van der Waals surface area contributed by atoms with Crippen LogP contribution in [0.5, 0.6) is 5.75 Å². The van der Waals surface area contributed by atoms with Crippen molar-refractivity contribution in [1.29, 1.82) is 0 Å². The summed E-state index contributed by atoms with van der Waals surface area (Å²) in [6.45, 7) is 4.88. The number of nitrogens with zero attached hydrogens (tertiary/aromatic N) is 7. The number of carbonyl (C=O) groups excluding carboxylic acids is 1. The molecule has 5 rings (SSSR count). The maximum Gasteiger partial charge on any atom is 0.274 e. The third kappa shape index (κ3) is 3.77. The topological polar surface area (TPSA) is 89.3 Å². The van der Waals surface area contributed by atoms with E-state index in [0.717, 1.165) is 52.1 Å². The van der Waals surface area contributed by atoms with E-state index >= 15 is 0 Å². The number of amides is 1. The number of anilines is 1. The second-order valence-corrected chi connectivity index (χ2v) is 8.55. The number of methoxy groups -OCH3 is 1. The minimum Gasteiger partial charge on any atom is -0.497 e.